The predicted molar refractivity (Wildman–Crippen MR) is 45.1 cm³/mol. The van der Waals surface area contributed by atoms with Crippen molar-refractivity contribution in [1.82, 2.24) is 5.32 Å². The minimum Gasteiger partial charge on any atom is -0.481 e. The highest BCUT2D eigenvalue weighted by atomic mass is 35.5. The van der Waals surface area contributed by atoms with Gasteiger partial charge in [0.1, 0.15) is 0 Å². The van der Waals surface area contributed by atoms with Crippen molar-refractivity contribution in [2.45, 2.75) is 19.3 Å². The van der Waals surface area contributed by atoms with Crippen LogP contribution in [0.15, 0.2) is 0 Å². The predicted octanol–water partition coefficient (Wildman–Crippen LogP) is 0.882. The molecule has 0 aliphatic carbocycles. The van der Waals surface area contributed by atoms with Gasteiger partial charge in [0.2, 0.25) is 0 Å². The summed E-state index contributed by atoms with van der Waals surface area (Å²) < 4.78 is 0. The third kappa shape index (κ3) is 3.58. The van der Waals surface area contributed by atoms with E-state index in [0.717, 1.165) is 32.4 Å². The van der Waals surface area contributed by atoms with Crippen molar-refractivity contribution in [3.8, 4) is 0 Å². The molecule has 0 amide bonds. The quantitative estimate of drug-likeness (QED) is 0.629. The molecular weight excluding hydrogens is 166 g/mol. The van der Waals surface area contributed by atoms with Crippen LogP contribution in [-0.2, 0) is 4.79 Å². The van der Waals surface area contributed by atoms with E-state index in [-0.39, 0.29) is 18.3 Å². The van der Waals surface area contributed by atoms with Crippen LogP contribution in [0.3, 0.4) is 0 Å². The van der Waals surface area contributed by atoms with Crippen LogP contribution < -0.4 is 5.32 Å². The maximum atomic E-state index is 10.5. The number of hydrogen-bond acceptors (Lipinski definition) is 2. The van der Waals surface area contributed by atoms with Gasteiger partial charge >= 0.3 is 5.97 Å². The van der Waals surface area contributed by atoms with Crippen LogP contribution in [0.25, 0.3) is 0 Å². The lowest BCUT2D eigenvalue weighted by molar-refractivity contribution is -0.142. The average molecular weight is 180 g/mol. The van der Waals surface area contributed by atoms with Gasteiger partial charge in [-0.25, -0.2) is 0 Å². The van der Waals surface area contributed by atoms with E-state index in [0.29, 0.717) is 0 Å². The summed E-state index contributed by atoms with van der Waals surface area (Å²) in [6.07, 6.45) is 2.62. The van der Waals surface area contributed by atoms with E-state index in [1.807, 2.05) is 0 Å². The Kier molecular flexibility index (Phi) is 5.24. The van der Waals surface area contributed by atoms with Gasteiger partial charge in [-0.2, -0.15) is 0 Å². The van der Waals surface area contributed by atoms with E-state index in [2.05, 4.69) is 5.32 Å². The molecular formula is C7H14ClNO2. The van der Waals surface area contributed by atoms with Crippen molar-refractivity contribution < 1.29 is 9.90 Å². The zero-order valence-electron chi connectivity index (χ0n) is 6.38. The Morgan fingerprint density at radius 2 is 2.09 bits per heavy atom. The number of carbonyl (C=O) groups is 1. The largest absolute Gasteiger partial charge is 0.481 e. The number of aliphatic carboxylic acids is 1. The highest BCUT2D eigenvalue weighted by Crippen LogP contribution is 2.12. The second-order valence-corrected chi connectivity index (χ2v) is 2.72. The van der Waals surface area contributed by atoms with Crippen molar-refractivity contribution in [1.29, 1.82) is 0 Å². The number of hydrogen-bond donors (Lipinski definition) is 2. The lowest BCUT2D eigenvalue weighted by Gasteiger charge is -2.05. The SMILES string of the molecule is Cl.O=C(O)[C@H]1CCCNCC1. The molecule has 1 aliphatic heterocycles. The molecule has 4 heteroatoms. The molecule has 1 aliphatic rings. The molecule has 66 valence electrons. The zero-order chi connectivity index (χ0) is 7.40. The highest BCUT2D eigenvalue weighted by molar-refractivity contribution is 5.85. The standard InChI is InChI=1S/C7H13NO2.ClH/c9-7(10)6-2-1-4-8-5-3-6;/h6,8H,1-5H2,(H,9,10);1H/t6-;/m0./s1. The molecule has 0 aromatic heterocycles. The third-order valence-corrected chi connectivity index (χ3v) is 1.92. The Morgan fingerprint density at radius 3 is 2.73 bits per heavy atom. The topological polar surface area (TPSA) is 49.3 Å². The van der Waals surface area contributed by atoms with Crippen LogP contribution in [0.1, 0.15) is 19.3 Å². The van der Waals surface area contributed by atoms with Gasteiger partial charge < -0.3 is 10.4 Å². The molecule has 0 unspecified atom stereocenters. The van der Waals surface area contributed by atoms with E-state index >= 15 is 0 Å². The van der Waals surface area contributed by atoms with Gasteiger partial charge in [-0.3, -0.25) is 4.79 Å². The maximum absolute atomic E-state index is 10.5. The first-order valence-corrected chi connectivity index (χ1v) is 3.74. The van der Waals surface area contributed by atoms with E-state index in [1.165, 1.54) is 0 Å². The lowest BCUT2D eigenvalue weighted by Crippen LogP contribution is -2.17. The second-order valence-electron chi connectivity index (χ2n) is 2.72. The van der Waals surface area contributed by atoms with Crippen molar-refractivity contribution >= 4 is 18.4 Å². The van der Waals surface area contributed by atoms with E-state index in [1.54, 1.807) is 0 Å². The van der Waals surface area contributed by atoms with Crippen LogP contribution in [-0.4, -0.2) is 24.2 Å². The first kappa shape index (κ1) is 10.7. The Bertz CT molecular complexity index is 122. The summed E-state index contributed by atoms with van der Waals surface area (Å²) in [5, 5.41) is 11.8. The summed E-state index contributed by atoms with van der Waals surface area (Å²) in [5.74, 6) is -0.737. The number of rotatable bonds is 1. The molecule has 11 heavy (non-hydrogen) atoms. The molecule has 3 nitrogen and oxygen atoms in total. The fourth-order valence-corrected chi connectivity index (χ4v) is 1.27. The maximum Gasteiger partial charge on any atom is 0.306 e. The first-order valence-electron chi connectivity index (χ1n) is 3.74. The molecule has 1 atom stereocenters. The highest BCUT2D eigenvalue weighted by Gasteiger charge is 2.17. The van der Waals surface area contributed by atoms with E-state index < -0.39 is 5.97 Å². The minimum atomic E-state index is -0.635. The molecule has 0 bridgehead atoms. The van der Waals surface area contributed by atoms with Crippen LogP contribution in [0.4, 0.5) is 0 Å². The van der Waals surface area contributed by atoms with E-state index in [9.17, 15) is 4.79 Å². The van der Waals surface area contributed by atoms with Gasteiger partial charge in [-0.05, 0) is 32.4 Å². The second kappa shape index (κ2) is 5.38. The van der Waals surface area contributed by atoms with Crippen molar-refractivity contribution in [2.24, 2.45) is 5.92 Å². The molecule has 1 saturated heterocycles. The molecule has 1 rings (SSSR count). The van der Waals surface area contributed by atoms with Crippen LogP contribution >= 0.6 is 12.4 Å². The third-order valence-electron chi connectivity index (χ3n) is 1.92. The summed E-state index contributed by atoms with van der Waals surface area (Å²) in [7, 11) is 0. The Balaban J connectivity index is 0.000001000. The van der Waals surface area contributed by atoms with Gasteiger partial charge in [0, 0.05) is 0 Å². The van der Waals surface area contributed by atoms with Crippen molar-refractivity contribution in [3.63, 3.8) is 0 Å². The molecule has 0 saturated carbocycles. The van der Waals surface area contributed by atoms with Gasteiger partial charge in [0.25, 0.3) is 0 Å². The van der Waals surface area contributed by atoms with Crippen molar-refractivity contribution in [3.05, 3.63) is 0 Å². The summed E-state index contributed by atoms with van der Waals surface area (Å²) in [6.45, 7) is 1.83. The Hall–Kier alpha value is -0.280. The molecule has 0 spiro atoms. The smallest absolute Gasteiger partial charge is 0.306 e. The molecule has 0 aromatic carbocycles. The normalized spacial score (nSPS) is 24.9. The zero-order valence-corrected chi connectivity index (χ0v) is 7.19. The summed E-state index contributed by atoms with van der Waals surface area (Å²) >= 11 is 0. The van der Waals surface area contributed by atoms with Gasteiger partial charge in [-0.15, -0.1) is 12.4 Å². The van der Waals surface area contributed by atoms with Gasteiger partial charge in [0.05, 0.1) is 5.92 Å². The fraction of sp³-hybridized carbons (Fsp3) is 0.857. The number of carboxylic acid groups (broad SMARTS) is 1. The molecule has 1 fully saturated rings. The first-order chi connectivity index (χ1) is 4.80. The number of nitrogens with one attached hydrogen (secondary N) is 1. The minimum absolute atomic E-state index is 0. The Morgan fingerprint density at radius 1 is 1.36 bits per heavy atom. The van der Waals surface area contributed by atoms with Crippen molar-refractivity contribution in [2.75, 3.05) is 13.1 Å². The fourth-order valence-electron chi connectivity index (χ4n) is 1.27. The summed E-state index contributed by atoms with van der Waals surface area (Å²) in [5.41, 5.74) is 0. The van der Waals surface area contributed by atoms with Gasteiger partial charge in [0.15, 0.2) is 0 Å². The average Bonchev–Trinajstić information content (AvgIpc) is 2.12. The molecule has 1 heterocycles. The Labute approximate surface area is 72.6 Å². The molecule has 0 aromatic rings. The van der Waals surface area contributed by atoms with E-state index in [4.69, 9.17) is 5.11 Å². The summed E-state index contributed by atoms with van der Waals surface area (Å²) in [6, 6.07) is 0. The number of carboxylic acids is 1. The van der Waals surface area contributed by atoms with Crippen LogP contribution in [0.5, 0.6) is 0 Å². The number of halogens is 1. The van der Waals surface area contributed by atoms with Crippen LogP contribution in [0.2, 0.25) is 0 Å². The summed E-state index contributed by atoms with van der Waals surface area (Å²) in [4.78, 5) is 10.5. The monoisotopic (exact) mass is 179 g/mol. The molecule has 0 radical (unpaired) electrons. The molecule has 2 N–H and O–H groups in total. The van der Waals surface area contributed by atoms with Crippen LogP contribution in [0, 0.1) is 5.92 Å². The van der Waals surface area contributed by atoms with Gasteiger partial charge in [-0.1, -0.05) is 0 Å². The lowest BCUT2D eigenvalue weighted by atomic mass is 10.0.